The molecule has 140 valence electrons. The molecule has 0 fully saturated rings. The smallest absolute Gasteiger partial charge is 0.418 e. The number of methoxy groups -OCH3 is 1. The molecule has 26 heavy (non-hydrogen) atoms. The normalized spacial score (nSPS) is 11.0. The van der Waals surface area contributed by atoms with Gasteiger partial charge in [-0.15, -0.1) is 0 Å². The largest absolute Gasteiger partial charge is 0.493 e. The van der Waals surface area contributed by atoms with Crippen LogP contribution in [-0.4, -0.2) is 33.7 Å². The molecule has 0 saturated carbocycles. The van der Waals surface area contributed by atoms with Gasteiger partial charge in [0.25, 0.3) is 5.91 Å². The number of hydrogen-bond acceptors (Lipinski definition) is 4. The Labute approximate surface area is 149 Å². The molecule has 0 aromatic heterocycles. The minimum atomic E-state index is -4.60. The van der Waals surface area contributed by atoms with E-state index >= 15 is 0 Å². The van der Waals surface area contributed by atoms with Crippen LogP contribution in [-0.2, 0) is 11.0 Å². The maximum atomic E-state index is 13.3. The van der Waals surface area contributed by atoms with Crippen LogP contribution in [0.4, 0.5) is 24.5 Å². The van der Waals surface area contributed by atoms with E-state index in [0.717, 1.165) is 6.07 Å². The number of nitrogens with one attached hydrogen (secondary N) is 1. The summed E-state index contributed by atoms with van der Waals surface area (Å²) in [6, 6.07) is 10.4. The van der Waals surface area contributed by atoms with Gasteiger partial charge >= 0.3 is 6.18 Å². The number of anilines is 2. The molecule has 5 nitrogen and oxygen atoms in total. The van der Waals surface area contributed by atoms with Crippen molar-refractivity contribution in [3.63, 3.8) is 0 Å². The first-order chi connectivity index (χ1) is 12.2. The second kappa shape index (κ2) is 7.99. The van der Waals surface area contributed by atoms with Gasteiger partial charge in [0.15, 0.2) is 18.1 Å². The second-order valence-electron chi connectivity index (χ2n) is 5.61. The number of benzene rings is 2. The number of carbonyl (C=O) groups is 1. The van der Waals surface area contributed by atoms with Gasteiger partial charge < -0.3 is 19.7 Å². The first-order valence-electron chi connectivity index (χ1n) is 7.66. The van der Waals surface area contributed by atoms with Crippen molar-refractivity contribution in [1.82, 2.24) is 0 Å². The zero-order valence-electron chi connectivity index (χ0n) is 14.6. The van der Waals surface area contributed by atoms with E-state index in [1.54, 1.807) is 43.3 Å². The Kier molecular flexibility index (Phi) is 5.97. The fraction of sp³-hybridized carbons (Fsp3) is 0.278. The molecular weight excluding hydrogens is 349 g/mol. The maximum absolute atomic E-state index is 13.3. The third-order valence-electron chi connectivity index (χ3n) is 3.53. The summed E-state index contributed by atoms with van der Waals surface area (Å²) < 4.78 is 50.2. The molecule has 0 heterocycles. The van der Waals surface area contributed by atoms with Gasteiger partial charge in [-0.25, -0.2) is 0 Å². The van der Waals surface area contributed by atoms with Crippen LogP contribution in [0, 0.1) is 0 Å². The Balaban J connectivity index is 2.13. The van der Waals surface area contributed by atoms with Crippen molar-refractivity contribution in [2.75, 3.05) is 38.0 Å². The summed E-state index contributed by atoms with van der Waals surface area (Å²) in [4.78, 5) is 13.6. The number of ether oxygens (including phenoxy) is 2. The molecule has 2 aromatic rings. The number of halogens is 3. The SMILES string of the molecule is COc1ccccc1OCC(=O)Nc1ccc(N(C)C)cc1C(F)(F)F. The molecule has 0 aliphatic carbocycles. The summed E-state index contributed by atoms with van der Waals surface area (Å²) in [7, 11) is 4.72. The lowest BCUT2D eigenvalue weighted by Gasteiger charge is -2.19. The highest BCUT2D eigenvalue weighted by Crippen LogP contribution is 2.37. The van der Waals surface area contributed by atoms with E-state index in [4.69, 9.17) is 9.47 Å². The fourth-order valence-corrected chi connectivity index (χ4v) is 2.22. The van der Waals surface area contributed by atoms with Crippen LogP contribution in [0.5, 0.6) is 11.5 Å². The number of rotatable bonds is 6. The van der Waals surface area contributed by atoms with Crippen molar-refractivity contribution in [2.24, 2.45) is 0 Å². The van der Waals surface area contributed by atoms with Crippen LogP contribution in [0.1, 0.15) is 5.56 Å². The molecule has 8 heteroatoms. The molecule has 0 bridgehead atoms. The molecule has 0 atom stereocenters. The number of nitrogens with zero attached hydrogens (tertiary/aromatic N) is 1. The fourth-order valence-electron chi connectivity index (χ4n) is 2.22. The minimum absolute atomic E-state index is 0.322. The van der Waals surface area contributed by atoms with Crippen LogP contribution < -0.4 is 19.7 Å². The predicted molar refractivity (Wildman–Crippen MR) is 92.9 cm³/mol. The highest BCUT2D eigenvalue weighted by Gasteiger charge is 2.34. The van der Waals surface area contributed by atoms with Crippen molar-refractivity contribution in [3.05, 3.63) is 48.0 Å². The summed E-state index contributed by atoms with van der Waals surface area (Å²) in [6.07, 6.45) is -4.60. The summed E-state index contributed by atoms with van der Waals surface area (Å²) in [5, 5.41) is 2.25. The van der Waals surface area contributed by atoms with Crippen molar-refractivity contribution in [2.45, 2.75) is 6.18 Å². The summed E-state index contributed by atoms with van der Waals surface area (Å²) in [5.41, 5.74) is -0.869. The van der Waals surface area contributed by atoms with E-state index in [1.807, 2.05) is 0 Å². The van der Waals surface area contributed by atoms with Gasteiger partial charge in [0.05, 0.1) is 18.4 Å². The van der Waals surface area contributed by atoms with E-state index in [-0.39, 0.29) is 5.69 Å². The first kappa shape index (κ1) is 19.4. The van der Waals surface area contributed by atoms with Crippen LogP contribution in [0.25, 0.3) is 0 Å². The Morgan fingerprint density at radius 2 is 1.77 bits per heavy atom. The third kappa shape index (κ3) is 4.81. The lowest BCUT2D eigenvalue weighted by Crippen LogP contribution is -2.23. The van der Waals surface area contributed by atoms with E-state index < -0.39 is 24.3 Å². The number of amides is 1. The average Bonchev–Trinajstić information content (AvgIpc) is 2.59. The molecule has 2 rings (SSSR count). The third-order valence-corrected chi connectivity index (χ3v) is 3.53. The highest BCUT2D eigenvalue weighted by atomic mass is 19.4. The maximum Gasteiger partial charge on any atom is 0.418 e. The summed E-state index contributed by atoms with van der Waals surface area (Å²) in [5.74, 6) is 0.0368. The predicted octanol–water partition coefficient (Wildman–Crippen LogP) is 3.80. The zero-order chi connectivity index (χ0) is 19.3. The van der Waals surface area contributed by atoms with Crippen LogP contribution in [0.2, 0.25) is 0 Å². The molecule has 1 N–H and O–H groups in total. The van der Waals surface area contributed by atoms with Gasteiger partial charge in [-0.3, -0.25) is 4.79 Å². The molecule has 2 aromatic carbocycles. The molecule has 0 unspecified atom stereocenters. The summed E-state index contributed by atoms with van der Waals surface area (Å²) >= 11 is 0. The molecular formula is C18H19F3N2O3. The van der Waals surface area contributed by atoms with E-state index in [0.29, 0.717) is 17.2 Å². The van der Waals surface area contributed by atoms with Gasteiger partial charge in [-0.2, -0.15) is 13.2 Å². The van der Waals surface area contributed by atoms with Gasteiger partial charge in [0.2, 0.25) is 0 Å². The van der Waals surface area contributed by atoms with Gasteiger partial charge in [0.1, 0.15) is 0 Å². The summed E-state index contributed by atoms with van der Waals surface area (Å²) in [6.45, 7) is -0.451. The second-order valence-corrected chi connectivity index (χ2v) is 5.61. The Morgan fingerprint density at radius 1 is 1.12 bits per heavy atom. The standard InChI is InChI=1S/C18H19F3N2O3/c1-23(2)12-8-9-14(13(10-12)18(19,20)21)22-17(24)11-26-16-7-5-4-6-15(16)25-3/h4-10H,11H2,1-3H3,(H,22,24). The van der Waals surface area contributed by atoms with Crippen molar-refractivity contribution >= 4 is 17.3 Å². The number of alkyl halides is 3. The van der Waals surface area contributed by atoms with E-state index in [1.165, 1.54) is 19.2 Å². The topological polar surface area (TPSA) is 50.8 Å². The monoisotopic (exact) mass is 368 g/mol. The quantitative estimate of drug-likeness (QED) is 0.843. The molecule has 0 saturated heterocycles. The Bertz CT molecular complexity index is 777. The van der Waals surface area contributed by atoms with Crippen molar-refractivity contribution in [1.29, 1.82) is 0 Å². The van der Waals surface area contributed by atoms with Crippen LogP contribution in [0.3, 0.4) is 0 Å². The molecule has 0 radical (unpaired) electrons. The highest BCUT2D eigenvalue weighted by molar-refractivity contribution is 5.93. The molecule has 1 amide bonds. The Hall–Kier alpha value is -2.90. The lowest BCUT2D eigenvalue weighted by atomic mass is 10.1. The number of carbonyl (C=O) groups excluding carboxylic acids is 1. The molecule has 0 aliphatic heterocycles. The van der Waals surface area contributed by atoms with Crippen LogP contribution >= 0.6 is 0 Å². The number of para-hydroxylation sites is 2. The lowest BCUT2D eigenvalue weighted by molar-refractivity contribution is -0.137. The average molecular weight is 368 g/mol. The van der Waals surface area contributed by atoms with Gasteiger partial charge in [-0.1, -0.05) is 12.1 Å². The Morgan fingerprint density at radius 3 is 2.35 bits per heavy atom. The number of hydrogen-bond donors (Lipinski definition) is 1. The van der Waals surface area contributed by atoms with Crippen molar-refractivity contribution in [3.8, 4) is 11.5 Å². The van der Waals surface area contributed by atoms with Gasteiger partial charge in [-0.05, 0) is 30.3 Å². The molecule has 0 aliphatic rings. The van der Waals surface area contributed by atoms with Crippen molar-refractivity contribution < 1.29 is 27.4 Å². The van der Waals surface area contributed by atoms with Gasteiger partial charge in [0, 0.05) is 19.8 Å². The van der Waals surface area contributed by atoms with E-state index in [2.05, 4.69) is 5.32 Å². The van der Waals surface area contributed by atoms with E-state index in [9.17, 15) is 18.0 Å². The first-order valence-corrected chi connectivity index (χ1v) is 7.66. The van der Waals surface area contributed by atoms with Crippen LogP contribution in [0.15, 0.2) is 42.5 Å². The minimum Gasteiger partial charge on any atom is -0.493 e. The molecule has 0 spiro atoms. The zero-order valence-corrected chi connectivity index (χ0v) is 14.6.